The van der Waals surface area contributed by atoms with Crippen molar-refractivity contribution in [3.05, 3.63) is 21.9 Å². The van der Waals surface area contributed by atoms with Crippen molar-refractivity contribution >= 4 is 11.3 Å². The van der Waals surface area contributed by atoms with Crippen LogP contribution in [0.25, 0.3) is 0 Å². The molecule has 0 bridgehead atoms. The van der Waals surface area contributed by atoms with E-state index < -0.39 is 0 Å². The van der Waals surface area contributed by atoms with E-state index in [4.69, 9.17) is 0 Å². The topological polar surface area (TPSA) is 0 Å². The van der Waals surface area contributed by atoms with E-state index in [1.165, 1.54) is 32.1 Å². The molecule has 1 heterocycles. The van der Waals surface area contributed by atoms with Crippen molar-refractivity contribution < 1.29 is 0 Å². The van der Waals surface area contributed by atoms with Gasteiger partial charge in [-0.15, -0.1) is 11.3 Å². The SMILES string of the molecule is CCCC(C)(C)C1CCc2ccsc2C1. The third-order valence-corrected chi connectivity index (χ3v) is 5.02. The van der Waals surface area contributed by atoms with Crippen LogP contribution in [0.15, 0.2) is 11.4 Å². The second-order valence-corrected chi connectivity index (χ2v) is 6.55. The van der Waals surface area contributed by atoms with Gasteiger partial charge in [-0.1, -0.05) is 27.2 Å². The van der Waals surface area contributed by atoms with Crippen LogP contribution in [0.5, 0.6) is 0 Å². The molecule has 1 aliphatic rings. The molecular weight excluding hydrogens is 200 g/mol. The second-order valence-electron chi connectivity index (χ2n) is 5.55. The molecule has 15 heavy (non-hydrogen) atoms. The third-order valence-electron chi connectivity index (χ3n) is 4.03. The van der Waals surface area contributed by atoms with Crippen molar-refractivity contribution in [1.82, 2.24) is 0 Å². The van der Waals surface area contributed by atoms with Gasteiger partial charge in [0.25, 0.3) is 0 Å². The van der Waals surface area contributed by atoms with Crippen LogP contribution in [0.3, 0.4) is 0 Å². The minimum absolute atomic E-state index is 0.538. The molecule has 0 saturated heterocycles. The first-order valence-corrected chi connectivity index (χ1v) is 7.06. The van der Waals surface area contributed by atoms with E-state index in [0.717, 1.165) is 5.92 Å². The average Bonchev–Trinajstić information content (AvgIpc) is 2.63. The highest BCUT2D eigenvalue weighted by atomic mass is 32.1. The predicted octanol–water partition coefficient (Wildman–Crippen LogP) is 4.68. The molecule has 1 aliphatic carbocycles. The van der Waals surface area contributed by atoms with Crippen LogP contribution < -0.4 is 0 Å². The number of rotatable bonds is 3. The zero-order valence-corrected chi connectivity index (χ0v) is 11.0. The van der Waals surface area contributed by atoms with E-state index in [9.17, 15) is 0 Å². The molecule has 0 saturated carbocycles. The first kappa shape index (κ1) is 11.2. The summed E-state index contributed by atoms with van der Waals surface area (Å²) in [5, 5.41) is 2.26. The molecule has 1 aromatic rings. The number of thiophene rings is 1. The van der Waals surface area contributed by atoms with Gasteiger partial charge in [-0.25, -0.2) is 0 Å². The van der Waals surface area contributed by atoms with Crippen molar-refractivity contribution in [2.75, 3.05) is 0 Å². The Morgan fingerprint density at radius 2 is 2.27 bits per heavy atom. The highest BCUT2D eigenvalue weighted by molar-refractivity contribution is 7.10. The molecule has 0 N–H and O–H groups in total. The average molecular weight is 222 g/mol. The third kappa shape index (κ3) is 2.28. The first-order chi connectivity index (χ1) is 7.13. The molecule has 0 radical (unpaired) electrons. The summed E-state index contributed by atoms with van der Waals surface area (Å²) in [5.41, 5.74) is 2.17. The van der Waals surface area contributed by atoms with Crippen molar-refractivity contribution in [2.45, 2.75) is 52.9 Å². The highest BCUT2D eigenvalue weighted by Crippen LogP contribution is 2.41. The number of aryl methyl sites for hydroxylation is 1. The van der Waals surface area contributed by atoms with Gasteiger partial charge in [0.1, 0.15) is 0 Å². The Kier molecular flexibility index (Phi) is 3.20. The molecular formula is C14H22S. The van der Waals surface area contributed by atoms with E-state index >= 15 is 0 Å². The monoisotopic (exact) mass is 222 g/mol. The lowest BCUT2D eigenvalue weighted by atomic mass is 9.69. The van der Waals surface area contributed by atoms with Crippen LogP contribution in [-0.2, 0) is 12.8 Å². The number of fused-ring (bicyclic) bond motifs is 1. The molecule has 0 spiro atoms. The first-order valence-electron chi connectivity index (χ1n) is 6.18. The van der Waals surface area contributed by atoms with Crippen LogP contribution in [0.1, 0.15) is 50.5 Å². The van der Waals surface area contributed by atoms with E-state index in [1.807, 2.05) is 11.3 Å². The van der Waals surface area contributed by atoms with Gasteiger partial charge < -0.3 is 0 Å². The van der Waals surface area contributed by atoms with Crippen LogP contribution >= 0.6 is 11.3 Å². The quantitative estimate of drug-likeness (QED) is 0.696. The summed E-state index contributed by atoms with van der Waals surface area (Å²) in [6.45, 7) is 7.22. The molecule has 1 unspecified atom stereocenters. The lowest BCUT2D eigenvalue weighted by Gasteiger charge is -2.37. The molecule has 2 rings (SSSR count). The van der Waals surface area contributed by atoms with Crippen molar-refractivity contribution in [1.29, 1.82) is 0 Å². The summed E-state index contributed by atoms with van der Waals surface area (Å²) in [4.78, 5) is 1.66. The molecule has 0 fully saturated rings. The Labute approximate surface area is 97.7 Å². The summed E-state index contributed by atoms with van der Waals surface area (Å²) in [7, 11) is 0. The molecule has 84 valence electrons. The molecule has 1 atom stereocenters. The minimum atomic E-state index is 0.538. The Balaban J connectivity index is 2.09. The van der Waals surface area contributed by atoms with E-state index in [2.05, 4.69) is 32.2 Å². The smallest absolute Gasteiger partial charge is 0.00801 e. The Morgan fingerprint density at radius 3 is 3.00 bits per heavy atom. The van der Waals surface area contributed by atoms with Crippen molar-refractivity contribution in [2.24, 2.45) is 11.3 Å². The van der Waals surface area contributed by atoms with Crippen LogP contribution in [0.2, 0.25) is 0 Å². The van der Waals surface area contributed by atoms with E-state index in [0.29, 0.717) is 5.41 Å². The largest absolute Gasteiger partial charge is 0.149 e. The molecule has 0 nitrogen and oxygen atoms in total. The predicted molar refractivity (Wildman–Crippen MR) is 68.5 cm³/mol. The van der Waals surface area contributed by atoms with Gasteiger partial charge in [0.15, 0.2) is 0 Å². The maximum atomic E-state index is 2.46. The Hall–Kier alpha value is -0.300. The minimum Gasteiger partial charge on any atom is -0.149 e. The zero-order valence-electron chi connectivity index (χ0n) is 10.2. The Bertz CT molecular complexity index is 322. The summed E-state index contributed by atoms with van der Waals surface area (Å²) in [6.07, 6.45) is 6.74. The molecule has 0 aliphatic heterocycles. The van der Waals surface area contributed by atoms with Gasteiger partial charge >= 0.3 is 0 Å². The fourth-order valence-corrected chi connectivity index (χ4v) is 3.96. The van der Waals surface area contributed by atoms with Gasteiger partial charge in [-0.3, -0.25) is 0 Å². The maximum Gasteiger partial charge on any atom is 0.00801 e. The molecule has 0 aromatic carbocycles. The van der Waals surface area contributed by atoms with Crippen LogP contribution in [-0.4, -0.2) is 0 Å². The lowest BCUT2D eigenvalue weighted by Crippen LogP contribution is -2.28. The van der Waals surface area contributed by atoms with Crippen LogP contribution in [0, 0.1) is 11.3 Å². The lowest BCUT2D eigenvalue weighted by molar-refractivity contribution is 0.175. The molecule has 1 heteroatoms. The molecule has 0 amide bonds. The van der Waals surface area contributed by atoms with Crippen molar-refractivity contribution in [3.8, 4) is 0 Å². The van der Waals surface area contributed by atoms with Gasteiger partial charge in [-0.05, 0) is 54.0 Å². The van der Waals surface area contributed by atoms with Gasteiger partial charge in [0, 0.05) is 4.88 Å². The second kappa shape index (κ2) is 4.29. The van der Waals surface area contributed by atoms with Crippen LogP contribution in [0.4, 0.5) is 0 Å². The Morgan fingerprint density at radius 1 is 1.47 bits per heavy atom. The number of hydrogen-bond acceptors (Lipinski definition) is 1. The van der Waals surface area contributed by atoms with Gasteiger partial charge in [-0.2, -0.15) is 0 Å². The maximum absolute atomic E-state index is 2.46. The van der Waals surface area contributed by atoms with Gasteiger partial charge in [0.05, 0.1) is 0 Å². The molecule has 1 aromatic heterocycles. The van der Waals surface area contributed by atoms with E-state index in [1.54, 1.807) is 10.4 Å². The summed E-state index contributed by atoms with van der Waals surface area (Å²) >= 11 is 1.96. The summed E-state index contributed by atoms with van der Waals surface area (Å²) in [6, 6.07) is 2.32. The van der Waals surface area contributed by atoms with E-state index in [-0.39, 0.29) is 0 Å². The summed E-state index contributed by atoms with van der Waals surface area (Å²) < 4.78 is 0. The normalized spacial score (nSPS) is 21.4. The highest BCUT2D eigenvalue weighted by Gasteiger charge is 2.31. The number of hydrogen-bond donors (Lipinski definition) is 0. The van der Waals surface area contributed by atoms with Crippen molar-refractivity contribution in [3.63, 3.8) is 0 Å². The fourth-order valence-electron chi connectivity index (χ4n) is 2.94. The zero-order chi connectivity index (χ0) is 10.9. The summed E-state index contributed by atoms with van der Waals surface area (Å²) in [5.74, 6) is 0.906. The fraction of sp³-hybridized carbons (Fsp3) is 0.714. The standard InChI is InChI=1S/C14H22S/c1-4-8-14(2,3)12-6-5-11-7-9-15-13(11)10-12/h7,9,12H,4-6,8,10H2,1-3H3. The van der Waals surface area contributed by atoms with Gasteiger partial charge in [0.2, 0.25) is 0 Å².